The van der Waals surface area contributed by atoms with Crippen LogP contribution in [0.4, 0.5) is 17.1 Å². The summed E-state index contributed by atoms with van der Waals surface area (Å²) >= 11 is 0. The summed E-state index contributed by atoms with van der Waals surface area (Å²) in [6.07, 6.45) is 0. The van der Waals surface area contributed by atoms with Crippen molar-refractivity contribution in [3.8, 4) is 0 Å². The molecule has 8 heteroatoms. The van der Waals surface area contributed by atoms with E-state index in [-0.39, 0.29) is 23.8 Å². The number of carbonyl (C=O) groups is 1. The monoisotopic (exact) mass is 281 g/mol. The quantitative estimate of drug-likeness (QED) is 0.454. The van der Waals surface area contributed by atoms with Crippen LogP contribution in [0.3, 0.4) is 0 Å². The molecule has 110 valence electrons. The largest absolute Gasteiger partial charge is 0.357 e. The number of nitrogens with zero attached hydrogens (tertiary/aromatic N) is 3. The zero-order valence-electron chi connectivity index (χ0n) is 11.8. The lowest BCUT2D eigenvalue weighted by molar-refractivity contribution is -0.383. The number of nitrogens with two attached hydrogens (primary N) is 1. The van der Waals surface area contributed by atoms with Gasteiger partial charge in [-0.05, 0) is 19.1 Å². The topological polar surface area (TPSA) is 105 Å². The number of likely N-dealkylation sites (N-methyl/N-ethyl adjacent to an activating group) is 2. The molecule has 1 amide bonds. The van der Waals surface area contributed by atoms with E-state index in [0.717, 1.165) is 0 Å². The van der Waals surface area contributed by atoms with Gasteiger partial charge < -0.3 is 15.2 Å². The van der Waals surface area contributed by atoms with Crippen LogP contribution in [0.1, 0.15) is 6.92 Å². The van der Waals surface area contributed by atoms with Crippen LogP contribution in [0.2, 0.25) is 0 Å². The lowest BCUT2D eigenvalue weighted by Crippen LogP contribution is -2.37. The van der Waals surface area contributed by atoms with Crippen LogP contribution in [-0.4, -0.2) is 42.9 Å². The lowest BCUT2D eigenvalue weighted by Gasteiger charge is -2.24. The van der Waals surface area contributed by atoms with Gasteiger partial charge in [0.2, 0.25) is 5.91 Å². The number of amides is 1. The highest BCUT2D eigenvalue weighted by Gasteiger charge is 2.24. The summed E-state index contributed by atoms with van der Waals surface area (Å²) in [4.78, 5) is 25.6. The van der Waals surface area contributed by atoms with Crippen molar-refractivity contribution in [3.63, 3.8) is 0 Å². The van der Waals surface area contributed by atoms with E-state index in [1.807, 2.05) is 6.92 Å². The Hall–Kier alpha value is -2.35. The fourth-order valence-corrected chi connectivity index (χ4v) is 1.77. The minimum Gasteiger partial charge on any atom is -0.357 e. The van der Waals surface area contributed by atoms with Crippen LogP contribution in [0.5, 0.6) is 0 Å². The number of nitro groups is 1. The average molecular weight is 281 g/mol. The number of hydrazine groups is 1. The number of anilines is 2. The fourth-order valence-electron chi connectivity index (χ4n) is 1.77. The molecule has 0 atom stereocenters. The van der Waals surface area contributed by atoms with Gasteiger partial charge in [0.25, 0.3) is 0 Å². The highest BCUT2D eigenvalue weighted by Crippen LogP contribution is 2.34. The molecule has 0 saturated carbocycles. The third-order valence-corrected chi connectivity index (χ3v) is 2.90. The molecule has 1 aromatic rings. The third kappa shape index (κ3) is 3.35. The van der Waals surface area contributed by atoms with Crippen molar-refractivity contribution in [2.75, 3.05) is 37.5 Å². The van der Waals surface area contributed by atoms with E-state index in [9.17, 15) is 14.9 Å². The van der Waals surface area contributed by atoms with Crippen molar-refractivity contribution in [2.45, 2.75) is 6.92 Å². The van der Waals surface area contributed by atoms with Gasteiger partial charge in [-0.1, -0.05) is 6.07 Å². The second kappa shape index (κ2) is 6.71. The molecule has 0 fully saturated rings. The summed E-state index contributed by atoms with van der Waals surface area (Å²) in [5.41, 5.74) is 2.75. The number of hydrogen-bond acceptors (Lipinski definition) is 6. The van der Waals surface area contributed by atoms with E-state index in [0.29, 0.717) is 12.2 Å². The predicted molar refractivity (Wildman–Crippen MR) is 77.5 cm³/mol. The molecule has 0 unspecified atom stereocenters. The third-order valence-electron chi connectivity index (χ3n) is 2.90. The fraction of sp³-hybridized carbons (Fsp3) is 0.417. The lowest BCUT2D eigenvalue weighted by atomic mass is 10.2. The maximum absolute atomic E-state index is 11.8. The van der Waals surface area contributed by atoms with Gasteiger partial charge in [-0.15, -0.1) is 0 Å². The Kier molecular flexibility index (Phi) is 5.27. The number of hydrogen-bond donors (Lipinski definition) is 2. The molecule has 0 aliphatic heterocycles. The van der Waals surface area contributed by atoms with Crippen molar-refractivity contribution in [1.82, 2.24) is 4.90 Å². The van der Waals surface area contributed by atoms with Crippen LogP contribution < -0.4 is 16.2 Å². The molecule has 8 nitrogen and oxygen atoms in total. The Morgan fingerprint density at radius 3 is 2.55 bits per heavy atom. The maximum Gasteiger partial charge on any atom is 0.316 e. The molecule has 1 rings (SSSR count). The summed E-state index contributed by atoms with van der Waals surface area (Å²) in [7, 11) is 3.28. The maximum atomic E-state index is 11.8. The number of nitro benzene ring substituents is 1. The molecule has 0 radical (unpaired) electrons. The van der Waals surface area contributed by atoms with Crippen molar-refractivity contribution < 1.29 is 9.72 Å². The zero-order valence-corrected chi connectivity index (χ0v) is 11.8. The van der Waals surface area contributed by atoms with E-state index < -0.39 is 4.92 Å². The Labute approximate surface area is 117 Å². The first-order valence-electron chi connectivity index (χ1n) is 6.11. The minimum absolute atomic E-state index is 0.0678. The van der Waals surface area contributed by atoms with Crippen molar-refractivity contribution in [3.05, 3.63) is 28.3 Å². The van der Waals surface area contributed by atoms with Crippen molar-refractivity contribution >= 4 is 23.0 Å². The van der Waals surface area contributed by atoms with Gasteiger partial charge in [0.15, 0.2) is 0 Å². The molecule has 3 N–H and O–H groups in total. The van der Waals surface area contributed by atoms with Gasteiger partial charge >= 0.3 is 5.69 Å². The standard InChI is InChI=1S/C12H19N5O3/c1-4-16(8-11(18)15(2)3)10-7-5-6-9(14-13)12(10)17(19)20/h5-7,14H,4,8,13H2,1-3H3. The van der Waals surface area contributed by atoms with Crippen LogP contribution in [-0.2, 0) is 4.79 Å². The van der Waals surface area contributed by atoms with Gasteiger partial charge in [0, 0.05) is 20.6 Å². The SMILES string of the molecule is CCN(CC(=O)N(C)C)c1cccc(NN)c1[N+](=O)[O-]. The van der Waals surface area contributed by atoms with E-state index >= 15 is 0 Å². The first-order valence-corrected chi connectivity index (χ1v) is 6.11. The number of nitrogens with one attached hydrogen (secondary N) is 1. The van der Waals surface area contributed by atoms with Crippen molar-refractivity contribution in [2.24, 2.45) is 5.84 Å². The molecule has 0 heterocycles. The Morgan fingerprint density at radius 1 is 1.45 bits per heavy atom. The number of nitrogen functional groups attached to an aromatic ring is 1. The number of benzene rings is 1. The van der Waals surface area contributed by atoms with Gasteiger partial charge in [-0.3, -0.25) is 20.8 Å². The Balaban J connectivity index is 3.21. The summed E-state index contributed by atoms with van der Waals surface area (Å²) < 4.78 is 0. The summed E-state index contributed by atoms with van der Waals surface area (Å²) in [5.74, 6) is 5.17. The number of rotatable bonds is 6. The normalized spacial score (nSPS) is 10.0. The molecular formula is C12H19N5O3. The second-order valence-corrected chi connectivity index (χ2v) is 4.38. The highest BCUT2D eigenvalue weighted by molar-refractivity contribution is 5.84. The molecule has 1 aromatic carbocycles. The average Bonchev–Trinajstić information content (AvgIpc) is 2.43. The number of para-hydroxylation sites is 1. The number of carbonyl (C=O) groups excluding carboxylic acids is 1. The molecule has 0 saturated heterocycles. The molecule has 0 aromatic heterocycles. The molecular weight excluding hydrogens is 262 g/mol. The van der Waals surface area contributed by atoms with Crippen molar-refractivity contribution in [1.29, 1.82) is 0 Å². The molecule has 0 bridgehead atoms. The van der Waals surface area contributed by atoms with Gasteiger partial charge in [0.1, 0.15) is 11.4 Å². The second-order valence-electron chi connectivity index (χ2n) is 4.38. The smallest absolute Gasteiger partial charge is 0.316 e. The first kappa shape index (κ1) is 15.7. The molecule has 20 heavy (non-hydrogen) atoms. The van der Waals surface area contributed by atoms with Crippen LogP contribution in [0.25, 0.3) is 0 Å². The minimum atomic E-state index is -0.507. The molecule has 0 spiro atoms. The Bertz CT molecular complexity index is 504. The summed E-state index contributed by atoms with van der Waals surface area (Å²) in [6, 6.07) is 4.77. The predicted octanol–water partition coefficient (Wildman–Crippen LogP) is 0.795. The van der Waals surface area contributed by atoms with Crippen LogP contribution in [0, 0.1) is 10.1 Å². The van der Waals surface area contributed by atoms with E-state index in [1.54, 1.807) is 31.1 Å². The molecule has 0 aliphatic carbocycles. The van der Waals surface area contributed by atoms with Gasteiger partial charge in [-0.2, -0.15) is 0 Å². The van der Waals surface area contributed by atoms with E-state index in [4.69, 9.17) is 5.84 Å². The molecule has 0 aliphatic rings. The van der Waals surface area contributed by atoms with E-state index in [1.165, 1.54) is 11.0 Å². The Morgan fingerprint density at radius 2 is 2.10 bits per heavy atom. The van der Waals surface area contributed by atoms with Crippen LogP contribution in [0.15, 0.2) is 18.2 Å². The summed E-state index contributed by atoms with van der Waals surface area (Å²) in [6.45, 7) is 2.36. The summed E-state index contributed by atoms with van der Waals surface area (Å²) in [5, 5.41) is 11.2. The first-order chi connectivity index (χ1) is 9.42. The highest BCUT2D eigenvalue weighted by atomic mass is 16.6. The van der Waals surface area contributed by atoms with Crippen LogP contribution >= 0.6 is 0 Å². The zero-order chi connectivity index (χ0) is 15.3. The van der Waals surface area contributed by atoms with E-state index in [2.05, 4.69) is 5.43 Å². The van der Waals surface area contributed by atoms with Gasteiger partial charge in [-0.25, -0.2) is 0 Å². The van der Waals surface area contributed by atoms with Gasteiger partial charge in [0.05, 0.1) is 11.5 Å².